The van der Waals surface area contributed by atoms with Crippen molar-refractivity contribution in [2.45, 2.75) is 11.9 Å². The van der Waals surface area contributed by atoms with Crippen molar-refractivity contribution in [2.24, 2.45) is 0 Å². The number of benzene rings is 1. The number of rotatable bonds is 4. The van der Waals surface area contributed by atoms with Gasteiger partial charge in [0.25, 0.3) is 0 Å². The van der Waals surface area contributed by atoms with Crippen LogP contribution in [0.1, 0.15) is 5.56 Å². The van der Waals surface area contributed by atoms with Gasteiger partial charge in [0, 0.05) is 10.9 Å². The molecule has 0 spiro atoms. The zero-order valence-corrected chi connectivity index (χ0v) is 9.05. The van der Waals surface area contributed by atoms with Crippen LogP contribution < -0.4 is 9.47 Å². The molecule has 0 bridgehead atoms. The molecule has 0 saturated carbocycles. The van der Waals surface area contributed by atoms with Crippen LogP contribution in [0.25, 0.3) is 0 Å². The summed E-state index contributed by atoms with van der Waals surface area (Å²) >= 11 is 3.18. The number of halogens is 3. The number of ether oxygens (including phenoxy) is 2. The fourth-order valence-electron chi connectivity index (χ4n) is 0.998. The monoisotopic (exact) mass is 266 g/mol. The SMILES string of the molecule is COc1ccc(OC(F)F)c(CBr)c1. The average Bonchev–Trinajstić information content (AvgIpc) is 2.17. The average molecular weight is 267 g/mol. The Morgan fingerprint density at radius 1 is 1.43 bits per heavy atom. The van der Waals surface area contributed by atoms with Gasteiger partial charge in [-0.25, -0.2) is 0 Å². The molecule has 0 unspecified atom stereocenters. The lowest BCUT2D eigenvalue weighted by molar-refractivity contribution is -0.0503. The van der Waals surface area contributed by atoms with Gasteiger partial charge in [0.15, 0.2) is 0 Å². The van der Waals surface area contributed by atoms with Crippen LogP contribution >= 0.6 is 15.9 Å². The second-order valence-electron chi connectivity index (χ2n) is 2.49. The molecule has 0 radical (unpaired) electrons. The predicted octanol–water partition coefficient (Wildman–Crippen LogP) is 3.19. The lowest BCUT2D eigenvalue weighted by Gasteiger charge is -2.10. The summed E-state index contributed by atoms with van der Waals surface area (Å²) in [5.74, 6) is 0.777. The number of hydrogen-bond donors (Lipinski definition) is 0. The smallest absolute Gasteiger partial charge is 0.387 e. The first-order chi connectivity index (χ1) is 6.67. The van der Waals surface area contributed by atoms with E-state index in [-0.39, 0.29) is 5.75 Å². The fourth-order valence-corrected chi connectivity index (χ4v) is 1.44. The summed E-state index contributed by atoms with van der Waals surface area (Å²) in [5, 5.41) is 0.437. The summed E-state index contributed by atoms with van der Waals surface area (Å²) in [6.07, 6.45) is 0. The molecule has 1 aromatic carbocycles. The van der Waals surface area contributed by atoms with Crippen molar-refractivity contribution in [3.63, 3.8) is 0 Å². The zero-order chi connectivity index (χ0) is 10.6. The Hall–Kier alpha value is -0.840. The van der Waals surface area contributed by atoms with Crippen molar-refractivity contribution in [1.82, 2.24) is 0 Å². The van der Waals surface area contributed by atoms with Gasteiger partial charge >= 0.3 is 6.61 Å². The topological polar surface area (TPSA) is 18.5 Å². The van der Waals surface area contributed by atoms with Crippen LogP contribution in [-0.4, -0.2) is 13.7 Å². The minimum atomic E-state index is -2.80. The number of alkyl halides is 3. The molecule has 0 aliphatic rings. The van der Waals surface area contributed by atoms with Crippen LogP contribution in [0.2, 0.25) is 0 Å². The Labute approximate surface area is 89.0 Å². The Bertz CT molecular complexity index is 305. The molecule has 5 heteroatoms. The van der Waals surface area contributed by atoms with Gasteiger partial charge in [0.05, 0.1) is 7.11 Å². The molecule has 1 rings (SSSR count). The van der Waals surface area contributed by atoms with Crippen molar-refractivity contribution in [2.75, 3.05) is 7.11 Å². The van der Waals surface area contributed by atoms with Gasteiger partial charge in [-0.2, -0.15) is 8.78 Å². The molecule has 0 heterocycles. The van der Waals surface area contributed by atoms with Crippen molar-refractivity contribution in [1.29, 1.82) is 0 Å². The van der Waals surface area contributed by atoms with Crippen LogP contribution in [0.4, 0.5) is 8.78 Å². The van der Waals surface area contributed by atoms with E-state index in [1.165, 1.54) is 13.2 Å². The Morgan fingerprint density at radius 2 is 2.14 bits per heavy atom. The van der Waals surface area contributed by atoms with Gasteiger partial charge in [-0.1, -0.05) is 15.9 Å². The van der Waals surface area contributed by atoms with Crippen molar-refractivity contribution in [3.05, 3.63) is 23.8 Å². The molecule has 2 nitrogen and oxygen atoms in total. The first-order valence-corrected chi connectivity index (χ1v) is 4.97. The maximum Gasteiger partial charge on any atom is 0.387 e. The highest BCUT2D eigenvalue weighted by molar-refractivity contribution is 9.08. The second kappa shape index (κ2) is 5.14. The van der Waals surface area contributed by atoms with Gasteiger partial charge in [-0.05, 0) is 18.2 Å². The van der Waals surface area contributed by atoms with Crippen LogP contribution in [-0.2, 0) is 5.33 Å². The lowest BCUT2D eigenvalue weighted by Crippen LogP contribution is -2.04. The van der Waals surface area contributed by atoms with E-state index in [1.807, 2.05) is 0 Å². The third-order valence-corrected chi connectivity index (χ3v) is 2.23. The third kappa shape index (κ3) is 2.83. The quantitative estimate of drug-likeness (QED) is 0.780. The van der Waals surface area contributed by atoms with E-state index in [0.717, 1.165) is 0 Å². The zero-order valence-electron chi connectivity index (χ0n) is 7.47. The highest BCUT2D eigenvalue weighted by Gasteiger charge is 2.09. The van der Waals surface area contributed by atoms with E-state index in [0.29, 0.717) is 16.6 Å². The van der Waals surface area contributed by atoms with Crippen LogP contribution in [0.15, 0.2) is 18.2 Å². The van der Waals surface area contributed by atoms with Crippen molar-refractivity contribution < 1.29 is 18.3 Å². The molecule has 1 aromatic rings. The van der Waals surface area contributed by atoms with E-state index < -0.39 is 6.61 Å². The molecule has 0 aliphatic carbocycles. The lowest BCUT2D eigenvalue weighted by atomic mass is 10.2. The summed E-state index contributed by atoms with van der Waals surface area (Å²) in [5.41, 5.74) is 0.629. The van der Waals surface area contributed by atoms with E-state index in [4.69, 9.17) is 4.74 Å². The highest BCUT2D eigenvalue weighted by Crippen LogP contribution is 2.27. The van der Waals surface area contributed by atoms with Crippen LogP contribution in [0, 0.1) is 0 Å². The van der Waals surface area contributed by atoms with Gasteiger partial charge in [-0.15, -0.1) is 0 Å². The largest absolute Gasteiger partial charge is 0.497 e. The number of methoxy groups -OCH3 is 1. The van der Waals surface area contributed by atoms with E-state index in [9.17, 15) is 8.78 Å². The molecular formula is C9H9BrF2O2. The minimum absolute atomic E-state index is 0.165. The number of hydrogen-bond acceptors (Lipinski definition) is 2. The Kier molecular flexibility index (Phi) is 4.13. The summed E-state index contributed by atoms with van der Waals surface area (Å²) in [6.45, 7) is -2.80. The van der Waals surface area contributed by atoms with E-state index in [2.05, 4.69) is 20.7 Å². The summed E-state index contributed by atoms with van der Waals surface area (Å²) in [6, 6.07) is 4.68. The maximum absolute atomic E-state index is 12.0. The first-order valence-electron chi connectivity index (χ1n) is 3.85. The minimum Gasteiger partial charge on any atom is -0.497 e. The van der Waals surface area contributed by atoms with Gasteiger partial charge in [0.2, 0.25) is 0 Å². The summed E-state index contributed by atoms with van der Waals surface area (Å²) in [4.78, 5) is 0. The molecular weight excluding hydrogens is 258 g/mol. The molecule has 0 fully saturated rings. The van der Waals surface area contributed by atoms with Crippen LogP contribution in [0.5, 0.6) is 11.5 Å². The van der Waals surface area contributed by atoms with Gasteiger partial charge < -0.3 is 9.47 Å². The molecule has 78 valence electrons. The standard InChI is InChI=1S/C9H9BrF2O2/c1-13-7-2-3-8(14-9(11)12)6(4-7)5-10/h2-4,9H,5H2,1H3. The first kappa shape index (κ1) is 11.2. The van der Waals surface area contributed by atoms with E-state index in [1.54, 1.807) is 12.1 Å². The molecule has 0 amide bonds. The molecule has 0 N–H and O–H groups in total. The molecule has 0 saturated heterocycles. The molecule has 0 aliphatic heterocycles. The Balaban J connectivity index is 2.93. The second-order valence-corrected chi connectivity index (χ2v) is 3.05. The van der Waals surface area contributed by atoms with Crippen molar-refractivity contribution in [3.8, 4) is 11.5 Å². The highest BCUT2D eigenvalue weighted by atomic mass is 79.9. The molecule has 0 atom stereocenters. The predicted molar refractivity (Wildman–Crippen MR) is 52.3 cm³/mol. The van der Waals surface area contributed by atoms with Crippen LogP contribution in [0.3, 0.4) is 0 Å². The fraction of sp³-hybridized carbons (Fsp3) is 0.333. The summed E-state index contributed by atoms with van der Waals surface area (Å²) < 4.78 is 33.2. The Morgan fingerprint density at radius 3 is 2.64 bits per heavy atom. The van der Waals surface area contributed by atoms with Gasteiger partial charge in [-0.3, -0.25) is 0 Å². The normalized spacial score (nSPS) is 10.4. The molecule has 0 aromatic heterocycles. The maximum atomic E-state index is 12.0. The third-order valence-electron chi connectivity index (χ3n) is 1.63. The van der Waals surface area contributed by atoms with Gasteiger partial charge in [0.1, 0.15) is 11.5 Å². The van der Waals surface area contributed by atoms with E-state index >= 15 is 0 Å². The summed E-state index contributed by atoms with van der Waals surface area (Å²) in [7, 11) is 1.51. The molecule has 14 heavy (non-hydrogen) atoms. The van der Waals surface area contributed by atoms with Crippen molar-refractivity contribution >= 4 is 15.9 Å².